The summed E-state index contributed by atoms with van der Waals surface area (Å²) in [6.45, 7) is 8.11. The van der Waals surface area contributed by atoms with Crippen molar-refractivity contribution < 1.29 is 4.79 Å². The molecule has 0 aliphatic carbocycles. The molecule has 1 unspecified atom stereocenters. The van der Waals surface area contributed by atoms with Gasteiger partial charge in [0.05, 0.1) is 0 Å². The molecule has 0 saturated carbocycles. The number of rotatable bonds is 5. The second-order valence-corrected chi connectivity index (χ2v) is 3.84. The van der Waals surface area contributed by atoms with E-state index in [1.54, 1.807) is 6.92 Å². The van der Waals surface area contributed by atoms with E-state index in [2.05, 4.69) is 13.5 Å². The summed E-state index contributed by atoms with van der Waals surface area (Å²) in [7, 11) is 0. The molecule has 0 bridgehead atoms. The molecule has 16 heavy (non-hydrogen) atoms. The third-order valence-electron chi connectivity index (χ3n) is 2.69. The van der Waals surface area contributed by atoms with Crippen LogP contribution in [0.1, 0.15) is 25.8 Å². The van der Waals surface area contributed by atoms with Crippen molar-refractivity contribution in [3.63, 3.8) is 0 Å². The molecule has 1 aromatic rings. The van der Waals surface area contributed by atoms with Crippen molar-refractivity contribution in [3.8, 4) is 0 Å². The molecular weight excluding hydrogens is 198 g/mol. The normalized spacial score (nSPS) is 11.9. The van der Waals surface area contributed by atoms with Crippen molar-refractivity contribution in [1.82, 2.24) is 4.90 Å². The first kappa shape index (κ1) is 12.5. The van der Waals surface area contributed by atoms with Gasteiger partial charge >= 0.3 is 0 Å². The Hall–Kier alpha value is -1.57. The van der Waals surface area contributed by atoms with Crippen LogP contribution in [0.3, 0.4) is 0 Å². The number of hydrogen-bond donors (Lipinski definition) is 0. The lowest BCUT2D eigenvalue weighted by Gasteiger charge is -2.28. The lowest BCUT2D eigenvalue weighted by Crippen LogP contribution is -2.36. The van der Waals surface area contributed by atoms with E-state index in [1.807, 2.05) is 41.3 Å². The Morgan fingerprint density at radius 2 is 2.06 bits per heavy atom. The van der Waals surface area contributed by atoms with Gasteiger partial charge in [-0.1, -0.05) is 43.3 Å². The fraction of sp³-hybridized carbons (Fsp3) is 0.357. The summed E-state index contributed by atoms with van der Waals surface area (Å²) in [6.07, 6.45) is 2.74. The first-order chi connectivity index (χ1) is 7.69. The topological polar surface area (TPSA) is 20.3 Å². The Morgan fingerprint density at radius 3 is 2.50 bits per heavy atom. The highest BCUT2D eigenvalue weighted by molar-refractivity contribution is 5.73. The summed E-state index contributed by atoms with van der Waals surface area (Å²) in [4.78, 5) is 13.4. The van der Waals surface area contributed by atoms with Gasteiger partial charge in [0, 0.05) is 19.5 Å². The van der Waals surface area contributed by atoms with Gasteiger partial charge in [0.25, 0.3) is 0 Å². The van der Waals surface area contributed by atoms with E-state index in [4.69, 9.17) is 0 Å². The fourth-order valence-corrected chi connectivity index (χ4v) is 1.76. The third kappa shape index (κ3) is 3.23. The van der Waals surface area contributed by atoms with Crippen LogP contribution in [0.4, 0.5) is 0 Å². The van der Waals surface area contributed by atoms with Crippen LogP contribution in [-0.2, 0) is 11.3 Å². The molecule has 0 saturated heterocycles. The molecule has 0 aliphatic rings. The van der Waals surface area contributed by atoms with Gasteiger partial charge in [0.15, 0.2) is 0 Å². The molecular formula is C14H19NO. The maximum atomic E-state index is 11.6. The highest BCUT2D eigenvalue weighted by atomic mass is 16.2. The fourth-order valence-electron chi connectivity index (χ4n) is 1.76. The highest BCUT2D eigenvalue weighted by Crippen LogP contribution is 2.11. The average molecular weight is 217 g/mol. The molecule has 86 valence electrons. The highest BCUT2D eigenvalue weighted by Gasteiger charge is 2.16. The van der Waals surface area contributed by atoms with E-state index in [0.29, 0.717) is 6.54 Å². The van der Waals surface area contributed by atoms with Crippen LogP contribution < -0.4 is 0 Å². The van der Waals surface area contributed by atoms with Crippen LogP contribution in [0.15, 0.2) is 43.0 Å². The zero-order valence-corrected chi connectivity index (χ0v) is 10.0. The number of nitrogens with zero attached hydrogens (tertiary/aromatic N) is 1. The number of benzene rings is 1. The quantitative estimate of drug-likeness (QED) is 0.694. The van der Waals surface area contributed by atoms with Gasteiger partial charge in [-0.3, -0.25) is 4.79 Å². The van der Waals surface area contributed by atoms with Crippen LogP contribution in [0.2, 0.25) is 0 Å². The number of carbonyl (C=O) groups is 1. The smallest absolute Gasteiger partial charge is 0.220 e. The van der Waals surface area contributed by atoms with Crippen LogP contribution in [0.5, 0.6) is 0 Å². The van der Waals surface area contributed by atoms with Gasteiger partial charge < -0.3 is 4.90 Å². The van der Waals surface area contributed by atoms with Gasteiger partial charge in [-0.2, -0.15) is 0 Å². The summed E-state index contributed by atoms with van der Waals surface area (Å²) < 4.78 is 0. The Morgan fingerprint density at radius 1 is 1.44 bits per heavy atom. The Labute approximate surface area is 97.6 Å². The molecule has 0 aromatic heterocycles. The summed E-state index contributed by atoms with van der Waals surface area (Å²) in [5.74, 6) is 0.0932. The molecule has 1 rings (SSSR count). The number of carbonyl (C=O) groups excluding carboxylic acids is 1. The minimum atomic E-state index is 0.0932. The summed E-state index contributed by atoms with van der Waals surface area (Å²) in [6, 6.07) is 10.1. The van der Waals surface area contributed by atoms with Crippen LogP contribution in [0.25, 0.3) is 0 Å². The zero-order chi connectivity index (χ0) is 12.0. The molecule has 0 spiro atoms. The van der Waals surface area contributed by atoms with E-state index < -0.39 is 0 Å². The third-order valence-corrected chi connectivity index (χ3v) is 2.69. The van der Waals surface area contributed by atoms with Crippen molar-refractivity contribution in [2.45, 2.75) is 32.9 Å². The van der Waals surface area contributed by atoms with Crippen LogP contribution in [0, 0.1) is 0 Å². The minimum absolute atomic E-state index is 0.0932. The van der Waals surface area contributed by atoms with Gasteiger partial charge in [-0.15, -0.1) is 6.58 Å². The van der Waals surface area contributed by atoms with Crippen molar-refractivity contribution in [1.29, 1.82) is 0 Å². The van der Waals surface area contributed by atoms with Crippen LogP contribution in [-0.4, -0.2) is 16.8 Å². The van der Waals surface area contributed by atoms with E-state index in [0.717, 1.165) is 12.0 Å². The van der Waals surface area contributed by atoms with Crippen molar-refractivity contribution in [2.75, 3.05) is 0 Å². The second kappa shape index (κ2) is 6.11. The monoisotopic (exact) mass is 217 g/mol. The van der Waals surface area contributed by atoms with Crippen molar-refractivity contribution in [3.05, 3.63) is 48.6 Å². The SMILES string of the molecule is C=CC(CC)N(Cc1ccccc1)C(C)=O. The molecule has 2 heteroatoms. The zero-order valence-electron chi connectivity index (χ0n) is 10.0. The maximum Gasteiger partial charge on any atom is 0.220 e. The van der Waals surface area contributed by atoms with Gasteiger partial charge in [0.2, 0.25) is 5.91 Å². The molecule has 0 radical (unpaired) electrons. The molecule has 0 N–H and O–H groups in total. The maximum absolute atomic E-state index is 11.6. The average Bonchev–Trinajstić information content (AvgIpc) is 2.30. The van der Waals surface area contributed by atoms with E-state index in [9.17, 15) is 4.79 Å². The molecule has 0 fully saturated rings. The van der Waals surface area contributed by atoms with E-state index >= 15 is 0 Å². The predicted octanol–water partition coefficient (Wildman–Crippen LogP) is 3.00. The molecule has 2 nitrogen and oxygen atoms in total. The second-order valence-electron chi connectivity index (χ2n) is 3.84. The standard InChI is InChI=1S/C14H19NO/c1-4-14(5-2)15(12(3)16)11-13-9-7-6-8-10-13/h4,6-10,14H,1,5,11H2,2-3H3. The largest absolute Gasteiger partial charge is 0.332 e. The molecule has 0 heterocycles. The first-order valence-electron chi connectivity index (χ1n) is 5.62. The Balaban J connectivity index is 2.80. The van der Waals surface area contributed by atoms with Gasteiger partial charge in [-0.05, 0) is 12.0 Å². The van der Waals surface area contributed by atoms with E-state index in [1.165, 1.54) is 0 Å². The van der Waals surface area contributed by atoms with Gasteiger partial charge in [0.1, 0.15) is 0 Å². The summed E-state index contributed by atoms with van der Waals surface area (Å²) in [5.41, 5.74) is 1.15. The lowest BCUT2D eigenvalue weighted by atomic mass is 10.1. The van der Waals surface area contributed by atoms with Gasteiger partial charge in [-0.25, -0.2) is 0 Å². The molecule has 1 amide bonds. The molecule has 1 atom stereocenters. The molecule has 1 aromatic carbocycles. The number of hydrogen-bond acceptors (Lipinski definition) is 1. The minimum Gasteiger partial charge on any atom is -0.332 e. The summed E-state index contributed by atoms with van der Waals surface area (Å²) in [5, 5.41) is 0. The summed E-state index contributed by atoms with van der Waals surface area (Å²) >= 11 is 0. The predicted molar refractivity (Wildman–Crippen MR) is 66.9 cm³/mol. The Kier molecular flexibility index (Phi) is 4.77. The van der Waals surface area contributed by atoms with Crippen molar-refractivity contribution >= 4 is 5.91 Å². The first-order valence-corrected chi connectivity index (χ1v) is 5.62. The van der Waals surface area contributed by atoms with E-state index in [-0.39, 0.29) is 11.9 Å². The molecule has 0 aliphatic heterocycles. The Bertz CT molecular complexity index is 345. The van der Waals surface area contributed by atoms with Crippen molar-refractivity contribution in [2.24, 2.45) is 0 Å². The number of amides is 1. The van der Waals surface area contributed by atoms with Crippen LogP contribution >= 0.6 is 0 Å². The lowest BCUT2D eigenvalue weighted by molar-refractivity contribution is -0.130.